The van der Waals surface area contributed by atoms with Crippen LogP contribution in [0.1, 0.15) is 0 Å². The van der Waals surface area contributed by atoms with Gasteiger partial charge in [-0.05, 0) is 12.1 Å². The van der Waals surface area contributed by atoms with Gasteiger partial charge in [0.15, 0.2) is 0 Å². The third kappa shape index (κ3) is 2.63. The van der Waals surface area contributed by atoms with Crippen molar-refractivity contribution in [3.8, 4) is 0 Å². The van der Waals surface area contributed by atoms with Crippen molar-refractivity contribution in [2.45, 2.75) is 0 Å². The molecule has 0 radical (unpaired) electrons. The summed E-state index contributed by atoms with van der Waals surface area (Å²) in [5.41, 5.74) is 0.777. The van der Waals surface area contributed by atoms with Gasteiger partial charge in [-0.25, -0.2) is 4.98 Å². The number of hydrogen-bond acceptors (Lipinski definition) is 3. The zero-order valence-electron chi connectivity index (χ0n) is 7.61. The largest absolute Gasteiger partial charge is 0.324 e. The Kier molecular flexibility index (Phi) is 2.78. The van der Waals surface area contributed by atoms with E-state index in [1.54, 1.807) is 0 Å². The second-order valence-corrected chi connectivity index (χ2v) is 3.22. The maximum atomic E-state index is 12.9. The minimum Gasteiger partial charge on any atom is -0.324 e. The van der Waals surface area contributed by atoms with Crippen LogP contribution in [0.4, 0.5) is 16.0 Å². The lowest BCUT2D eigenvalue weighted by Gasteiger charge is -2.03. The number of hydrogen-bond donors (Lipinski definition) is 1. The molecule has 15 heavy (non-hydrogen) atoms. The van der Waals surface area contributed by atoms with E-state index in [0.29, 0.717) is 0 Å². The summed E-state index contributed by atoms with van der Waals surface area (Å²) in [4.78, 5) is 7.39. The lowest BCUT2D eigenvalue weighted by molar-refractivity contribution is 0.582. The Bertz CT molecular complexity index is 441. The Morgan fingerprint density at radius 2 is 1.87 bits per heavy atom. The van der Waals surface area contributed by atoms with Crippen molar-refractivity contribution in [2.75, 3.05) is 5.32 Å². The third-order valence-electron chi connectivity index (χ3n) is 1.69. The molecule has 1 heterocycles. The van der Waals surface area contributed by atoms with Gasteiger partial charge < -0.3 is 5.32 Å². The molecule has 0 spiro atoms. The van der Waals surface area contributed by atoms with E-state index in [1.807, 2.05) is 30.3 Å². The number of benzene rings is 1. The lowest BCUT2D eigenvalue weighted by Crippen LogP contribution is -1.98. The Balaban J connectivity index is 2.25. The minimum atomic E-state index is -0.659. The van der Waals surface area contributed by atoms with Crippen LogP contribution in [0.2, 0.25) is 5.15 Å². The SMILES string of the molecule is Fc1cc(Cl)nc(Nc2ccccc2)n1. The molecule has 2 rings (SSSR count). The summed E-state index contributed by atoms with van der Waals surface area (Å²) in [5, 5.41) is 2.91. The number of para-hydroxylation sites is 1. The Morgan fingerprint density at radius 3 is 2.53 bits per heavy atom. The first-order valence-corrected chi connectivity index (χ1v) is 4.64. The van der Waals surface area contributed by atoms with Gasteiger partial charge in [0.1, 0.15) is 5.15 Å². The number of rotatable bonds is 2. The second-order valence-electron chi connectivity index (χ2n) is 2.83. The van der Waals surface area contributed by atoms with Gasteiger partial charge >= 0.3 is 0 Å². The van der Waals surface area contributed by atoms with E-state index in [1.165, 1.54) is 0 Å². The van der Waals surface area contributed by atoms with Crippen molar-refractivity contribution in [2.24, 2.45) is 0 Å². The Labute approximate surface area is 90.9 Å². The van der Waals surface area contributed by atoms with Gasteiger partial charge in [-0.1, -0.05) is 29.8 Å². The van der Waals surface area contributed by atoms with Crippen molar-refractivity contribution in [3.63, 3.8) is 0 Å². The molecule has 2 aromatic rings. The fourth-order valence-electron chi connectivity index (χ4n) is 1.10. The smallest absolute Gasteiger partial charge is 0.231 e. The van der Waals surface area contributed by atoms with E-state index in [-0.39, 0.29) is 11.1 Å². The van der Waals surface area contributed by atoms with Crippen LogP contribution in [-0.2, 0) is 0 Å². The number of halogens is 2. The fourth-order valence-corrected chi connectivity index (χ4v) is 1.27. The summed E-state index contributed by atoms with van der Waals surface area (Å²) in [5.74, 6) is -0.514. The van der Waals surface area contributed by atoms with Crippen LogP contribution in [0.3, 0.4) is 0 Å². The van der Waals surface area contributed by atoms with Crippen molar-refractivity contribution in [3.05, 3.63) is 47.5 Å². The molecule has 1 N–H and O–H groups in total. The van der Waals surface area contributed by atoms with Gasteiger partial charge in [-0.15, -0.1) is 0 Å². The molecule has 0 aliphatic rings. The number of nitrogens with zero attached hydrogens (tertiary/aromatic N) is 2. The molecule has 5 heteroatoms. The molecule has 0 atom stereocenters. The average Bonchev–Trinajstić information content (AvgIpc) is 2.17. The topological polar surface area (TPSA) is 37.8 Å². The zero-order chi connectivity index (χ0) is 10.7. The summed E-state index contributed by atoms with van der Waals surface area (Å²) in [6.07, 6.45) is 0. The molecule has 3 nitrogen and oxygen atoms in total. The van der Waals surface area contributed by atoms with Gasteiger partial charge in [-0.2, -0.15) is 9.37 Å². The van der Waals surface area contributed by atoms with Crippen molar-refractivity contribution in [1.82, 2.24) is 9.97 Å². The van der Waals surface area contributed by atoms with Crippen molar-refractivity contribution in [1.29, 1.82) is 0 Å². The maximum Gasteiger partial charge on any atom is 0.231 e. The minimum absolute atomic E-state index is 0.0703. The molecule has 0 unspecified atom stereocenters. The van der Waals surface area contributed by atoms with Crippen LogP contribution in [0.25, 0.3) is 0 Å². The highest BCUT2D eigenvalue weighted by molar-refractivity contribution is 6.29. The van der Waals surface area contributed by atoms with Crippen LogP contribution >= 0.6 is 11.6 Å². The fraction of sp³-hybridized carbons (Fsp3) is 0. The summed E-state index contributed by atoms with van der Waals surface area (Å²) in [7, 11) is 0. The first-order valence-electron chi connectivity index (χ1n) is 4.26. The first kappa shape index (κ1) is 9.86. The zero-order valence-corrected chi connectivity index (χ0v) is 8.37. The molecule has 0 aliphatic heterocycles. The van der Waals surface area contributed by atoms with Gasteiger partial charge in [0, 0.05) is 11.8 Å². The highest BCUT2D eigenvalue weighted by atomic mass is 35.5. The maximum absolute atomic E-state index is 12.9. The van der Waals surface area contributed by atoms with Crippen LogP contribution in [0, 0.1) is 5.95 Å². The molecular formula is C10H7ClFN3. The summed E-state index contributed by atoms with van der Waals surface area (Å²) in [6.45, 7) is 0. The predicted octanol–water partition coefficient (Wildman–Crippen LogP) is 3.01. The normalized spacial score (nSPS) is 10.0. The standard InChI is InChI=1S/C10H7ClFN3/c11-8-6-9(12)15-10(14-8)13-7-4-2-1-3-5-7/h1-6H,(H,13,14,15). The molecule has 0 saturated heterocycles. The van der Waals surface area contributed by atoms with Crippen LogP contribution < -0.4 is 5.32 Å². The van der Waals surface area contributed by atoms with Crippen molar-refractivity contribution < 1.29 is 4.39 Å². The average molecular weight is 224 g/mol. The summed E-state index contributed by atoms with van der Waals surface area (Å²) in [6, 6.07) is 10.3. The Morgan fingerprint density at radius 1 is 1.13 bits per heavy atom. The van der Waals surface area contributed by atoms with Gasteiger partial charge in [0.25, 0.3) is 0 Å². The molecule has 76 valence electrons. The monoisotopic (exact) mass is 223 g/mol. The lowest BCUT2D eigenvalue weighted by atomic mass is 10.3. The number of aromatic nitrogens is 2. The second kappa shape index (κ2) is 4.23. The molecular weight excluding hydrogens is 217 g/mol. The number of anilines is 2. The van der Waals surface area contributed by atoms with E-state index in [2.05, 4.69) is 15.3 Å². The highest BCUT2D eigenvalue weighted by Crippen LogP contribution is 2.14. The quantitative estimate of drug-likeness (QED) is 0.796. The van der Waals surface area contributed by atoms with E-state index < -0.39 is 5.95 Å². The van der Waals surface area contributed by atoms with E-state index in [4.69, 9.17) is 11.6 Å². The molecule has 1 aromatic heterocycles. The van der Waals surface area contributed by atoms with E-state index in [0.717, 1.165) is 11.8 Å². The van der Waals surface area contributed by atoms with Gasteiger partial charge in [0.2, 0.25) is 11.9 Å². The van der Waals surface area contributed by atoms with Crippen LogP contribution in [0.5, 0.6) is 0 Å². The molecule has 0 fully saturated rings. The Hall–Kier alpha value is -1.68. The summed E-state index contributed by atoms with van der Waals surface area (Å²) >= 11 is 5.59. The third-order valence-corrected chi connectivity index (χ3v) is 1.89. The predicted molar refractivity (Wildman–Crippen MR) is 56.7 cm³/mol. The first-order chi connectivity index (χ1) is 7.24. The molecule has 0 aliphatic carbocycles. The highest BCUT2D eigenvalue weighted by Gasteiger charge is 2.02. The van der Waals surface area contributed by atoms with Gasteiger partial charge in [0.05, 0.1) is 0 Å². The molecule has 0 bridgehead atoms. The van der Waals surface area contributed by atoms with Crippen LogP contribution in [0.15, 0.2) is 36.4 Å². The van der Waals surface area contributed by atoms with E-state index in [9.17, 15) is 4.39 Å². The summed E-state index contributed by atoms with van der Waals surface area (Å²) < 4.78 is 12.9. The molecule has 0 amide bonds. The molecule has 0 saturated carbocycles. The van der Waals surface area contributed by atoms with E-state index >= 15 is 0 Å². The van der Waals surface area contributed by atoms with Gasteiger partial charge in [-0.3, -0.25) is 0 Å². The van der Waals surface area contributed by atoms with Crippen molar-refractivity contribution >= 4 is 23.2 Å². The number of nitrogens with one attached hydrogen (secondary N) is 1. The van der Waals surface area contributed by atoms with Crippen LogP contribution in [-0.4, -0.2) is 9.97 Å². The molecule has 1 aromatic carbocycles.